The van der Waals surface area contributed by atoms with Gasteiger partial charge in [-0.25, -0.2) is 0 Å². The quantitative estimate of drug-likeness (QED) is 0.436. The number of hydrogen-bond donors (Lipinski definition) is 0. The molecule has 1 aromatic carbocycles. The van der Waals surface area contributed by atoms with E-state index in [1.54, 1.807) is 0 Å². The maximum atomic E-state index is 3.06. The molecular formula is C9H11IPdS. The van der Waals surface area contributed by atoms with Crippen molar-refractivity contribution in [1.29, 1.82) is 0 Å². The van der Waals surface area contributed by atoms with Crippen LogP contribution in [0.2, 0.25) is 0 Å². The fourth-order valence-electron chi connectivity index (χ4n) is 0.740. The predicted octanol–water partition coefficient (Wildman–Crippen LogP) is 3.62. The van der Waals surface area contributed by atoms with E-state index in [9.17, 15) is 0 Å². The molecule has 12 heavy (non-hydrogen) atoms. The molecular weight excluding hydrogens is 373 g/mol. The van der Waals surface area contributed by atoms with Crippen LogP contribution in [0.1, 0.15) is 12.5 Å². The summed E-state index contributed by atoms with van der Waals surface area (Å²) in [5.74, 6) is 2.31. The Bertz CT molecular complexity index is 179. The summed E-state index contributed by atoms with van der Waals surface area (Å²) in [6, 6.07) is 11.2. The van der Waals surface area contributed by atoms with Crippen molar-refractivity contribution in [3.8, 4) is 0 Å². The van der Waals surface area contributed by atoms with E-state index in [0.717, 1.165) is 5.75 Å². The molecule has 1 aromatic rings. The molecule has 0 amide bonds. The van der Waals surface area contributed by atoms with Crippen molar-refractivity contribution >= 4 is 31.3 Å². The molecule has 0 saturated carbocycles. The third-order valence-electron chi connectivity index (χ3n) is 1.24. The van der Waals surface area contributed by atoms with Gasteiger partial charge >= 0.3 is 35.1 Å². The van der Waals surface area contributed by atoms with Gasteiger partial charge in [0.15, 0.2) is 0 Å². The van der Waals surface area contributed by atoms with Crippen molar-refractivity contribution < 1.29 is 15.6 Å². The van der Waals surface area contributed by atoms with Crippen molar-refractivity contribution in [3.63, 3.8) is 0 Å². The summed E-state index contributed by atoms with van der Waals surface area (Å²) in [4.78, 5) is 0. The summed E-state index contributed by atoms with van der Waals surface area (Å²) in [6.45, 7) is 2.18. The molecule has 3 heteroatoms. The first-order chi connectivity index (χ1) is 5.93. The van der Waals surface area contributed by atoms with E-state index in [2.05, 4.69) is 34.6 Å². The van der Waals surface area contributed by atoms with Crippen LogP contribution in [0.3, 0.4) is 0 Å². The number of halogens is 1. The van der Waals surface area contributed by atoms with E-state index in [-0.39, 0.29) is 0 Å². The maximum absolute atomic E-state index is 3.06. The van der Waals surface area contributed by atoms with E-state index in [1.165, 1.54) is 11.3 Å². The van der Waals surface area contributed by atoms with Crippen LogP contribution in [0.15, 0.2) is 24.3 Å². The molecule has 0 aliphatic rings. The van der Waals surface area contributed by atoms with Crippen LogP contribution in [0.25, 0.3) is 0 Å². The van der Waals surface area contributed by atoms with Crippen LogP contribution in [0.4, 0.5) is 0 Å². The van der Waals surface area contributed by atoms with Crippen LogP contribution in [-0.2, 0) is 21.3 Å². The topological polar surface area (TPSA) is 0 Å². The van der Waals surface area contributed by atoms with E-state index < -0.39 is 0 Å². The normalized spacial score (nSPS) is 8.67. The fourth-order valence-corrected chi connectivity index (χ4v) is 1.36. The Kier molecular flexibility index (Phi) is 10.9. The summed E-state index contributed by atoms with van der Waals surface area (Å²) in [5, 5.41) is 0. The van der Waals surface area contributed by atoms with Crippen LogP contribution >= 0.6 is 31.3 Å². The van der Waals surface area contributed by atoms with E-state index in [1.807, 2.05) is 49.5 Å². The van der Waals surface area contributed by atoms with Gasteiger partial charge in [0.25, 0.3) is 0 Å². The standard InChI is InChI=1S/C9H11S.HI.Pd/c1-2-10-8-9-6-4-3-5-7-9;;/h3-4,6-7H,2,8H2,1H3;1H;/q-1;;+2/p-1. The minimum absolute atomic E-state index is 1.12. The first-order valence-corrected chi connectivity index (χ1v) is 9.36. The molecule has 0 bridgehead atoms. The molecule has 0 heterocycles. The Labute approximate surface area is 100 Å². The van der Waals surface area contributed by atoms with Crippen LogP contribution < -0.4 is 0 Å². The van der Waals surface area contributed by atoms with Crippen LogP contribution in [-0.4, -0.2) is 5.75 Å². The zero-order valence-corrected chi connectivity index (χ0v) is 11.4. The molecule has 0 saturated heterocycles. The minimum atomic E-state index is 1.12. The summed E-state index contributed by atoms with van der Waals surface area (Å²) in [7, 11) is 0. The number of thioether (sulfide) groups is 1. The van der Waals surface area contributed by atoms with Crippen molar-refractivity contribution in [2.24, 2.45) is 0 Å². The molecule has 0 nitrogen and oxygen atoms in total. The number of benzene rings is 1. The molecule has 0 spiro atoms. The second kappa shape index (κ2) is 10.0. The van der Waals surface area contributed by atoms with Gasteiger partial charge in [-0.3, -0.25) is 0 Å². The predicted molar refractivity (Wildman–Crippen MR) is 61.1 cm³/mol. The van der Waals surface area contributed by atoms with Crippen molar-refractivity contribution in [2.45, 2.75) is 12.7 Å². The summed E-state index contributed by atoms with van der Waals surface area (Å²) in [5.41, 5.74) is 1.37. The average molecular weight is 385 g/mol. The first kappa shape index (κ1) is 13.0. The third-order valence-corrected chi connectivity index (χ3v) is 2.19. The Morgan fingerprint density at radius 2 is 2.33 bits per heavy atom. The second-order valence-corrected chi connectivity index (χ2v) is 3.32. The zero-order valence-electron chi connectivity index (χ0n) is 6.83. The van der Waals surface area contributed by atoms with Crippen LogP contribution in [0, 0.1) is 6.07 Å². The van der Waals surface area contributed by atoms with Gasteiger partial charge < -0.3 is 0 Å². The molecule has 70 valence electrons. The monoisotopic (exact) mass is 384 g/mol. The number of rotatable bonds is 3. The average Bonchev–Trinajstić information content (AvgIpc) is 2.19. The Morgan fingerprint density at radius 3 is 2.83 bits per heavy atom. The summed E-state index contributed by atoms with van der Waals surface area (Å²) >= 11 is 6.66. The SMILES string of the molecule is CCSCc1c[c-]ccc1.[Pd+][I]. The number of hydrogen-bond acceptors (Lipinski definition) is 1. The van der Waals surface area contributed by atoms with Gasteiger partial charge in [-0.1, -0.05) is 6.92 Å². The molecule has 0 fully saturated rings. The van der Waals surface area contributed by atoms with Gasteiger partial charge in [0, 0.05) is 0 Å². The van der Waals surface area contributed by atoms with Crippen molar-refractivity contribution in [1.82, 2.24) is 0 Å². The summed E-state index contributed by atoms with van der Waals surface area (Å²) in [6.07, 6.45) is 0. The molecule has 0 radical (unpaired) electrons. The molecule has 0 N–H and O–H groups in total. The van der Waals surface area contributed by atoms with Gasteiger partial charge in [-0.2, -0.15) is 42.1 Å². The second-order valence-electron chi connectivity index (χ2n) is 2.05. The van der Waals surface area contributed by atoms with Gasteiger partial charge in [-0.15, -0.1) is 5.56 Å². The first-order valence-electron chi connectivity index (χ1n) is 3.58. The van der Waals surface area contributed by atoms with E-state index >= 15 is 0 Å². The van der Waals surface area contributed by atoms with E-state index in [0.29, 0.717) is 0 Å². The van der Waals surface area contributed by atoms with Gasteiger partial charge in [0.1, 0.15) is 0 Å². The third kappa shape index (κ3) is 6.48. The molecule has 0 unspecified atom stereocenters. The van der Waals surface area contributed by atoms with Gasteiger partial charge in [-0.05, 0) is 11.5 Å². The van der Waals surface area contributed by atoms with Crippen molar-refractivity contribution in [3.05, 3.63) is 35.9 Å². The molecule has 0 aliphatic heterocycles. The molecule has 1 rings (SSSR count). The van der Waals surface area contributed by atoms with Gasteiger partial charge in [0.2, 0.25) is 0 Å². The Morgan fingerprint density at radius 1 is 1.58 bits per heavy atom. The molecule has 0 aliphatic carbocycles. The van der Waals surface area contributed by atoms with Crippen LogP contribution in [0.5, 0.6) is 0 Å². The molecule has 0 atom stereocenters. The Hall–Kier alpha value is 0.962. The zero-order chi connectivity index (χ0) is 9.23. The molecule has 0 aromatic heterocycles. The summed E-state index contributed by atoms with van der Waals surface area (Å²) < 4.78 is 0. The Balaban J connectivity index is 0.000000561. The van der Waals surface area contributed by atoms with E-state index in [4.69, 9.17) is 0 Å². The van der Waals surface area contributed by atoms with Gasteiger partial charge in [0.05, 0.1) is 0 Å². The fraction of sp³-hybridized carbons (Fsp3) is 0.333. The van der Waals surface area contributed by atoms with Crippen molar-refractivity contribution in [2.75, 3.05) is 5.75 Å².